The summed E-state index contributed by atoms with van der Waals surface area (Å²) in [5.41, 5.74) is 1.43. The second kappa shape index (κ2) is 7.97. The molecule has 0 bridgehead atoms. The number of nitrogens with one attached hydrogen (secondary N) is 3. The molecule has 3 aromatic heterocycles. The minimum atomic E-state index is -1.30. The van der Waals surface area contributed by atoms with Crippen molar-refractivity contribution in [3.63, 3.8) is 0 Å². The Morgan fingerprint density at radius 2 is 2.28 bits per heavy atom. The van der Waals surface area contributed by atoms with Gasteiger partial charge in [0.1, 0.15) is 22.4 Å². The Bertz CT molecular complexity index is 1020. The molecule has 1 saturated carbocycles. The van der Waals surface area contributed by atoms with Gasteiger partial charge in [0.15, 0.2) is 11.6 Å². The number of nitrogens with zero attached hydrogens (tertiary/aromatic N) is 4. The van der Waals surface area contributed by atoms with Crippen LogP contribution in [0.15, 0.2) is 29.1 Å². The number of H-pyrrole nitrogens is 1. The van der Waals surface area contributed by atoms with Crippen molar-refractivity contribution in [3.8, 4) is 0 Å². The van der Waals surface area contributed by atoms with Crippen LogP contribution in [-0.4, -0.2) is 49.2 Å². The van der Waals surface area contributed by atoms with Crippen LogP contribution in [0.2, 0.25) is 0 Å². The summed E-state index contributed by atoms with van der Waals surface area (Å²) in [5.74, 6) is 0.688. The van der Waals surface area contributed by atoms with E-state index in [0.29, 0.717) is 30.2 Å². The zero-order chi connectivity index (χ0) is 20.5. The number of fused-ring (bicyclic) bond motifs is 1. The van der Waals surface area contributed by atoms with Crippen LogP contribution in [-0.2, 0) is 4.74 Å². The number of amides is 1. The molecule has 0 spiro atoms. The summed E-state index contributed by atoms with van der Waals surface area (Å²) >= 11 is 3.39. The lowest BCUT2D eigenvalue weighted by atomic mass is 10.0. The smallest absolute Gasteiger partial charge is 0.407 e. The van der Waals surface area contributed by atoms with E-state index in [1.165, 1.54) is 0 Å². The van der Waals surface area contributed by atoms with Crippen molar-refractivity contribution >= 4 is 39.2 Å². The number of anilines is 2. The number of carbonyl (C=O) groups is 1. The highest BCUT2D eigenvalue weighted by molar-refractivity contribution is 9.10. The lowest BCUT2D eigenvalue weighted by Gasteiger charge is -2.18. The molecule has 9 nitrogen and oxygen atoms in total. The number of alkyl halides is 1. The molecule has 1 fully saturated rings. The molecule has 1 aliphatic rings. The summed E-state index contributed by atoms with van der Waals surface area (Å²) in [6, 6.07) is 3.52. The van der Waals surface area contributed by atoms with E-state index in [2.05, 4.69) is 46.8 Å². The summed E-state index contributed by atoms with van der Waals surface area (Å²) in [6.07, 6.45) is 1.67. The van der Waals surface area contributed by atoms with Crippen LogP contribution in [0.1, 0.15) is 38.3 Å². The molecule has 0 aliphatic heterocycles. The van der Waals surface area contributed by atoms with Crippen LogP contribution in [0.4, 0.5) is 20.8 Å². The van der Waals surface area contributed by atoms with Crippen molar-refractivity contribution in [2.75, 3.05) is 5.32 Å². The number of alkyl carbamates (subject to hydrolysis) is 1. The molecule has 0 radical (unpaired) electrons. The Kier molecular flexibility index (Phi) is 5.39. The highest BCUT2D eigenvalue weighted by Gasteiger charge is 2.40. The molecule has 3 atom stereocenters. The van der Waals surface area contributed by atoms with E-state index in [4.69, 9.17) is 4.74 Å². The van der Waals surface area contributed by atoms with E-state index in [1.54, 1.807) is 23.0 Å². The topological polar surface area (TPSA) is 109 Å². The van der Waals surface area contributed by atoms with Crippen LogP contribution in [0.5, 0.6) is 0 Å². The van der Waals surface area contributed by atoms with Crippen LogP contribution in [0.3, 0.4) is 0 Å². The van der Waals surface area contributed by atoms with E-state index >= 15 is 0 Å². The highest BCUT2D eigenvalue weighted by atomic mass is 79.9. The van der Waals surface area contributed by atoms with Gasteiger partial charge in [-0.2, -0.15) is 10.2 Å². The first kappa shape index (κ1) is 19.6. The SMILES string of the molecule is CC(C)NC(=O)O[C@H]1CC[C@@H](c2cc(Nc3ncc(Br)n4nccc34)n[nH]2)[C@@H]1F. The highest BCUT2D eigenvalue weighted by Crippen LogP contribution is 2.38. The van der Waals surface area contributed by atoms with Gasteiger partial charge in [0.25, 0.3) is 0 Å². The van der Waals surface area contributed by atoms with Crippen molar-refractivity contribution in [1.29, 1.82) is 0 Å². The molecule has 0 aromatic carbocycles. The summed E-state index contributed by atoms with van der Waals surface area (Å²) in [5, 5.41) is 17.1. The largest absolute Gasteiger partial charge is 0.443 e. The van der Waals surface area contributed by atoms with Gasteiger partial charge in [-0.05, 0) is 48.7 Å². The molecule has 3 aromatic rings. The number of carbonyl (C=O) groups excluding carboxylic acids is 1. The maximum atomic E-state index is 14.9. The average molecular weight is 466 g/mol. The molecule has 3 N–H and O–H groups in total. The fraction of sp³-hybridized carbons (Fsp3) is 0.444. The molecule has 1 aliphatic carbocycles. The van der Waals surface area contributed by atoms with E-state index in [9.17, 15) is 9.18 Å². The number of rotatable bonds is 5. The van der Waals surface area contributed by atoms with Crippen LogP contribution in [0.25, 0.3) is 5.52 Å². The molecule has 4 rings (SSSR count). The Labute approximate surface area is 174 Å². The molecule has 154 valence electrons. The monoisotopic (exact) mass is 465 g/mol. The number of aromatic amines is 1. The predicted octanol–water partition coefficient (Wildman–Crippen LogP) is 3.68. The first-order valence-corrected chi connectivity index (χ1v) is 10.1. The molecule has 0 unspecified atom stereocenters. The zero-order valence-electron chi connectivity index (χ0n) is 15.9. The number of aromatic nitrogens is 5. The second-order valence-electron chi connectivity index (χ2n) is 7.26. The third kappa shape index (κ3) is 4.04. The van der Waals surface area contributed by atoms with Crippen molar-refractivity contribution in [1.82, 2.24) is 30.1 Å². The van der Waals surface area contributed by atoms with Crippen LogP contribution >= 0.6 is 15.9 Å². The van der Waals surface area contributed by atoms with Gasteiger partial charge >= 0.3 is 6.09 Å². The van der Waals surface area contributed by atoms with Crippen LogP contribution < -0.4 is 10.6 Å². The lowest BCUT2D eigenvalue weighted by molar-refractivity contribution is 0.0555. The van der Waals surface area contributed by atoms with Gasteiger partial charge in [-0.3, -0.25) is 5.10 Å². The molecule has 29 heavy (non-hydrogen) atoms. The lowest BCUT2D eigenvalue weighted by Crippen LogP contribution is -2.36. The normalized spacial score (nSPS) is 21.6. The number of hydrogen-bond donors (Lipinski definition) is 3. The Hall–Kier alpha value is -2.69. The van der Waals surface area contributed by atoms with Gasteiger partial charge in [-0.15, -0.1) is 0 Å². The summed E-state index contributed by atoms with van der Waals surface area (Å²) in [7, 11) is 0. The number of ether oxygens (including phenoxy) is 1. The summed E-state index contributed by atoms with van der Waals surface area (Å²) < 4.78 is 22.5. The molecule has 11 heteroatoms. The van der Waals surface area contributed by atoms with Gasteiger partial charge in [0.05, 0.1) is 12.4 Å². The van der Waals surface area contributed by atoms with E-state index in [-0.39, 0.29) is 6.04 Å². The van der Waals surface area contributed by atoms with Crippen molar-refractivity contribution in [2.45, 2.75) is 50.9 Å². The Morgan fingerprint density at radius 3 is 3.07 bits per heavy atom. The molecule has 3 heterocycles. The zero-order valence-corrected chi connectivity index (χ0v) is 17.5. The quantitative estimate of drug-likeness (QED) is 0.530. The standard InChI is InChI=1S/C18H21BrFN7O2/c1-9(2)23-18(28)29-13-4-3-10(16(13)20)11-7-15(26-25-11)24-17-12-5-6-22-27(12)14(19)8-21-17/h5-10,13,16H,3-4H2,1-2H3,(H,23,28)(H2,21,24,25,26)/t10-,13-,16-/m0/s1. The molecular formula is C18H21BrFN7O2. The van der Waals surface area contributed by atoms with Crippen molar-refractivity contribution < 1.29 is 13.9 Å². The van der Waals surface area contributed by atoms with E-state index in [1.807, 2.05) is 19.9 Å². The van der Waals surface area contributed by atoms with Gasteiger partial charge in [0.2, 0.25) is 0 Å². The fourth-order valence-electron chi connectivity index (χ4n) is 3.48. The average Bonchev–Trinajstić information content (AvgIpc) is 3.38. The maximum absolute atomic E-state index is 14.9. The van der Waals surface area contributed by atoms with Crippen molar-refractivity contribution in [3.05, 3.63) is 34.8 Å². The third-order valence-electron chi connectivity index (χ3n) is 4.80. The van der Waals surface area contributed by atoms with Gasteiger partial charge in [0, 0.05) is 23.7 Å². The summed E-state index contributed by atoms with van der Waals surface area (Å²) in [4.78, 5) is 16.1. The summed E-state index contributed by atoms with van der Waals surface area (Å²) in [6.45, 7) is 3.64. The minimum absolute atomic E-state index is 0.0616. The second-order valence-corrected chi connectivity index (χ2v) is 8.07. The van der Waals surface area contributed by atoms with Gasteiger partial charge in [-0.25, -0.2) is 18.7 Å². The van der Waals surface area contributed by atoms with E-state index in [0.717, 1.165) is 10.1 Å². The van der Waals surface area contributed by atoms with Gasteiger partial charge in [-0.1, -0.05) is 0 Å². The first-order valence-electron chi connectivity index (χ1n) is 9.34. The maximum Gasteiger partial charge on any atom is 0.407 e. The first-order chi connectivity index (χ1) is 13.9. The fourth-order valence-corrected chi connectivity index (χ4v) is 3.86. The molecule has 1 amide bonds. The Morgan fingerprint density at radius 1 is 1.45 bits per heavy atom. The predicted molar refractivity (Wildman–Crippen MR) is 108 cm³/mol. The molecule has 0 saturated heterocycles. The van der Waals surface area contributed by atoms with E-state index < -0.39 is 24.3 Å². The van der Waals surface area contributed by atoms with Gasteiger partial charge < -0.3 is 15.4 Å². The van der Waals surface area contributed by atoms with Crippen molar-refractivity contribution in [2.24, 2.45) is 0 Å². The van der Waals surface area contributed by atoms with Crippen LogP contribution in [0, 0.1) is 0 Å². The third-order valence-corrected chi connectivity index (χ3v) is 5.34. The Balaban J connectivity index is 1.44. The number of halogens is 2. The molecular weight excluding hydrogens is 445 g/mol. The number of hydrogen-bond acceptors (Lipinski definition) is 6. The minimum Gasteiger partial charge on any atom is -0.443 e.